The first-order valence-corrected chi connectivity index (χ1v) is 5.53. The minimum absolute atomic E-state index is 0.641. The molecule has 1 aromatic rings. The van der Waals surface area contributed by atoms with Crippen molar-refractivity contribution in [3.63, 3.8) is 0 Å². The first-order valence-electron chi connectivity index (χ1n) is 5.53. The van der Waals surface area contributed by atoms with Gasteiger partial charge >= 0.3 is 0 Å². The summed E-state index contributed by atoms with van der Waals surface area (Å²) < 4.78 is 2.14. The monoisotopic (exact) mass is 193 g/mol. The molecule has 2 atom stereocenters. The quantitative estimate of drug-likeness (QED) is 0.789. The molecule has 0 aliphatic heterocycles. The Morgan fingerprint density at radius 1 is 1.57 bits per heavy atom. The van der Waals surface area contributed by atoms with Crippen LogP contribution in [0.15, 0.2) is 12.3 Å². The van der Waals surface area contributed by atoms with Gasteiger partial charge < -0.3 is 5.32 Å². The van der Waals surface area contributed by atoms with Crippen LogP contribution >= 0.6 is 0 Å². The van der Waals surface area contributed by atoms with Crippen LogP contribution in [0.5, 0.6) is 0 Å². The van der Waals surface area contributed by atoms with E-state index in [0.717, 1.165) is 24.7 Å². The number of aromatic nitrogens is 2. The van der Waals surface area contributed by atoms with Crippen LogP contribution in [0.2, 0.25) is 0 Å². The Morgan fingerprint density at radius 2 is 2.43 bits per heavy atom. The van der Waals surface area contributed by atoms with Gasteiger partial charge in [-0.1, -0.05) is 6.92 Å². The molecule has 1 heterocycles. The number of hydrogen-bond donors (Lipinski definition) is 1. The molecule has 0 saturated heterocycles. The smallest absolute Gasteiger partial charge is 0.0593 e. The lowest BCUT2D eigenvalue weighted by Gasteiger charge is -2.36. The molecule has 1 aromatic heterocycles. The van der Waals surface area contributed by atoms with E-state index in [1.807, 2.05) is 0 Å². The maximum absolute atomic E-state index is 4.48. The van der Waals surface area contributed by atoms with Gasteiger partial charge in [0.1, 0.15) is 0 Å². The van der Waals surface area contributed by atoms with Crippen LogP contribution in [-0.4, -0.2) is 22.9 Å². The number of rotatable bonds is 4. The SMILES string of the molecule is CCNCC1CCC1n1ccc(C)n1. The number of aryl methyl sites for hydroxylation is 1. The molecule has 0 aromatic carbocycles. The van der Waals surface area contributed by atoms with Gasteiger partial charge in [-0.15, -0.1) is 0 Å². The Labute approximate surface area is 85.5 Å². The van der Waals surface area contributed by atoms with Crippen molar-refractivity contribution in [2.45, 2.75) is 32.7 Å². The summed E-state index contributed by atoms with van der Waals surface area (Å²) in [5, 5.41) is 7.90. The molecule has 1 fully saturated rings. The summed E-state index contributed by atoms with van der Waals surface area (Å²) >= 11 is 0. The van der Waals surface area contributed by atoms with Crippen molar-refractivity contribution in [1.29, 1.82) is 0 Å². The Balaban J connectivity index is 1.92. The van der Waals surface area contributed by atoms with E-state index in [2.05, 4.69) is 41.2 Å². The molecule has 0 bridgehead atoms. The van der Waals surface area contributed by atoms with Gasteiger partial charge in [-0.2, -0.15) is 5.10 Å². The molecule has 1 saturated carbocycles. The molecule has 0 amide bonds. The van der Waals surface area contributed by atoms with Crippen molar-refractivity contribution in [3.8, 4) is 0 Å². The third-order valence-electron chi connectivity index (χ3n) is 3.12. The highest BCUT2D eigenvalue weighted by molar-refractivity contribution is 4.98. The molecule has 1 N–H and O–H groups in total. The fourth-order valence-corrected chi connectivity index (χ4v) is 2.09. The molecule has 2 rings (SSSR count). The highest BCUT2D eigenvalue weighted by atomic mass is 15.3. The number of hydrogen-bond acceptors (Lipinski definition) is 2. The van der Waals surface area contributed by atoms with E-state index >= 15 is 0 Å². The van der Waals surface area contributed by atoms with E-state index < -0.39 is 0 Å². The second kappa shape index (κ2) is 4.13. The number of nitrogens with zero attached hydrogens (tertiary/aromatic N) is 2. The summed E-state index contributed by atoms with van der Waals surface area (Å²) in [6.45, 7) is 6.42. The van der Waals surface area contributed by atoms with E-state index in [0.29, 0.717) is 6.04 Å². The molecule has 78 valence electrons. The van der Waals surface area contributed by atoms with Crippen LogP contribution < -0.4 is 5.32 Å². The lowest BCUT2D eigenvalue weighted by atomic mass is 9.79. The van der Waals surface area contributed by atoms with Crippen molar-refractivity contribution >= 4 is 0 Å². The molecule has 3 nitrogen and oxygen atoms in total. The third-order valence-corrected chi connectivity index (χ3v) is 3.12. The highest BCUT2D eigenvalue weighted by Gasteiger charge is 2.32. The summed E-state index contributed by atoms with van der Waals surface area (Å²) in [5.74, 6) is 0.786. The standard InChI is InChI=1S/C11H19N3/c1-3-12-8-10-4-5-11(10)14-7-6-9(2)13-14/h6-7,10-12H,3-5,8H2,1-2H3. The van der Waals surface area contributed by atoms with E-state index in [1.165, 1.54) is 12.8 Å². The minimum atomic E-state index is 0.641. The summed E-state index contributed by atoms with van der Waals surface area (Å²) in [6, 6.07) is 2.73. The molecule has 14 heavy (non-hydrogen) atoms. The second-order valence-corrected chi connectivity index (χ2v) is 4.15. The molecule has 3 heteroatoms. The fraction of sp³-hybridized carbons (Fsp3) is 0.727. The Bertz CT molecular complexity index is 292. The predicted octanol–water partition coefficient (Wildman–Crippen LogP) is 1.75. The van der Waals surface area contributed by atoms with Gasteiger partial charge in [0.25, 0.3) is 0 Å². The molecule has 0 spiro atoms. The van der Waals surface area contributed by atoms with Crippen molar-refractivity contribution < 1.29 is 0 Å². The zero-order valence-electron chi connectivity index (χ0n) is 9.03. The van der Waals surface area contributed by atoms with Crippen LogP contribution in [0.4, 0.5) is 0 Å². The van der Waals surface area contributed by atoms with Crippen LogP contribution in [0.1, 0.15) is 31.5 Å². The highest BCUT2D eigenvalue weighted by Crippen LogP contribution is 2.37. The molecule has 2 unspecified atom stereocenters. The normalized spacial score (nSPS) is 26.1. The summed E-state index contributed by atoms with van der Waals surface area (Å²) in [6.07, 6.45) is 4.74. The largest absolute Gasteiger partial charge is 0.317 e. The van der Waals surface area contributed by atoms with Crippen molar-refractivity contribution in [2.24, 2.45) is 5.92 Å². The van der Waals surface area contributed by atoms with E-state index in [4.69, 9.17) is 0 Å². The minimum Gasteiger partial charge on any atom is -0.317 e. The summed E-state index contributed by atoms with van der Waals surface area (Å²) in [4.78, 5) is 0. The molecule has 0 radical (unpaired) electrons. The van der Waals surface area contributed by atoms with Gasteiger partial charge in [0.2, 0.25) is 0 Å². The van der Waals surface area contributed by atoms with E-state index in [-0.39, 0.29) is 0 Å². The van der Waals surface area contributed by atoms with Gasteiger partial charge in [0, 0.05) is 6.20 Å². The van der Waals surface area contributed by atoms with Crippen molar-refractivity contribution in [2.75, 3.05) is 13.1 Å². The van der Waals surface area contributed by atoms with E-state index in [1.54, 1.807) is 0 Å². The zero-order chi connectivity index (χ0) is 9.97. The van der Waals surface area contributed by atoms with Gasteiger partial charge in [-0.3, -0.25) is 4.68 Å². The average molecular weight is 193 g/mol. The third kappa shape index (κ3) is 1.82. The fourth-order valence-electron chi connectivity index (χ4n) is 2.09. The number of nitrogens with one attached hydrogen (secondary N) is 1. The first-order chi connectivity index (χ1) is 6.81. The van der Waals surface area contributed by atoms with E-state index in [9.17, 15) is 0 Å². The molecular weight excluding hydrogens is 174 g/mol. The maximum Gasteiger partial charge on any atom is 0.0593 e. The summed E-state index contributed by atoms with van der Waals surface area (Å²) in [5.41, 5.74) is 1.12. The first kappa shape index (κ1) is 9.71. The van der Waals surface area contributed by atoms with Crippen LogP contribution in [0.3, 0.4) is 0 Å². The lowest BCUT2D eigenvalue weighted by Crippen LogP contribution is -2.37. The average Bonchev–Trinajstić information content (AvgIpc) is 2.51. The predicted molar refractivity (Wildman–Crippen MR) is 57.3 cm³/mol. The lowest BCUT2D eigenvalue weighted by molar-refractivity contribution is 0.163. The maximum atomic E-state index is 4.48. The Kier molecular flexibility index (Phi) is 2.87. The van der Waals surface area contributed by atoms with Gasteiger partial charge in [-0.05, 0) is 44.8 Å². The Hall–Kier alpha value is -0.830. The zero-order valence-corrected chi connectivity index (χ0v) is 9.03. The van der Waals surface area contributed by atoms with Gasteiger partial charge in [0.05, 0.1) is 11.7 Å². The van der Waals surface area contributed by atoms with Crippen molar-refractivity contribution in [1.82, 2.24) is 15.1 Å². The molecular formula is C11H19N3. The Morgan fingerprint density at radius 3 is 2.93 bits per heavy atom. The van der Waals surface area contributed by atoms with Gasteiger partial charge in [-0.25, -0.2) is 0 Å². The molecule has 1 aliphatic rings. The topological polar surface area (TPSA) is 29.9 Å². The van der Waals surface area contributed by atoms with Crippen LogP contribution in [0.25, 0.3) is 0 Å². The van der Waals surface area contributed by atoms with Crippen LogP contribution in [-0.2, 0) is 0 Å². The second-order valence-electron chi connectivity index (χ2n) is 4.15. The van der Waals surface area contributed by atoms with Crippen LogP contribution in [0, 0.1) is 12.8 Å². The van der Waals surface area contributed by atoms with Gasteiger partial charge in [0.15, 0.2) is 0 Å². The van der Waals surface area contributed by atoms with Crippen molar-refractivity contribution in [3.05, 3.63) is 18.0 Å². The summed E-state index contributed by atoms with van der Waals surface area (Å²) in [7, 11) is 0. The molecule has 1 aliphatic carbocycles.